The largest absolute Gasteiger partial charge is 0.343 e. The molecule has 0 unspecified atom stereocenters. The van der Waals surface area contributed by atoms with Crippen LogP contribution in [0.1, 0.15) is 18.4 Å². The number of benzene rings is 1. The maximum Gasteiger partial charge on any atom is 0.156 e. The van der Waals surface area contributed by atoms with Gasteiger partial charge in [-0.25, -0.2) is 4.98 Å². The lowest BCUT2D eigenvalue weighted by atomic mass is 9.96. The van der Waals surface area contributed by atoms with E-state index >= 15 is 0 Å². The van der Waals surface area contributed by atoms with Crippen LogP contribution in [0.15, 0.2) is 67.5 Å². The van der Waals surface area contributed by atoms with Gasteiger partial charge in [0.05, 0.1) is 0 Å². The van der Waals surface area contributed by atoms with Crippen LogP contribution in [-0.2, 0) is 6.54 Å². The van der Waals surface area contributed by atoms with E-state index in [2.05, 4.69) is 53.2 Å². The summed E-state index contributed by atoms with van der Waals surface area (Å²) in [5, 5.41) is 8.85. The van der Waals surface area contributed by atoms with Crippen LogP contribution in [0, 0.1) is 0 Å². The molecule has 0 atom stereocenters. The highest BCUT2D eigenvalue weighted by Crippen LogP contribution is 2.36. The fraction of sp³-hybridized carbons (Fsp3) is 0.200. The Balaban J connectivity index is 1.50. The zero-order chi connectivity index (χ0) is 21.3. The van der Waals surface area contributed by atoms with Crippen LogP contribution in [0.5, 0.6) is 0 Å². The first-order valence-corrected chi connectivity index (χ1v) is 10.9. The molecule has 1 aliphatic heterocycles. The van der Waals surface area contributed by atoms with Crippen molar-refractivity contribution < 1.29 is 0 Å². The van der Waals surface area contributed by atoms with Gasteiger partial charge in [0, 0.05) is 60.2 Å². The average molecular weight is 422 g/mol. The van der Waals surface area contributed by atoms with Gasteiger partial charge in [-0.1, -0.05) is 0 Å². The van der Waals surface area contributed by atoms with Gasteiger partial charge in [-0.05, 0) is 73.0 Å². The Kier molecular flexibility index (Phi) is 4.73. The van der Waals surface area contributed by atoms with Crippen LogP contribution in [0.2, 0.25) is 0 Å². The number of H-pyrrole nitrogens is 2. The van der Waals surface area contributed by atoms with Gasteiger partial charge in [0.1, 0.15) is 11.2 Å². The van der Waals surface area contributed by atoms with Crippen LogP contribution in [0.3, 0.4) is 0 Å². The Labute approximate surface area is 185 Å². The number of nitrogens with one attached hydrogen (secondary N) is 2. The van der Waals surface area contributed by atoms with Crippen molar-refractivity contribution in [2.24, 2.45) is 0 Å². The van der Waals surface area contributed by atoms with Crippen molar-refractivity contribution in [1.29, 1.82) is 0 Å². The molecule has 1 saturated heterocycles. The molecule has 0 radical (unpaired) electrons. The average Bonchev–Trinajstić information content (AvgIpc) is 3.61. The van der Waals surface area contributed by atoms with E-state index in [1.807, 2.05) is 43.1 Å². The summed E-state index contributed by atoms with van der Waals surface area (Å²) < 4.78 is 0. The number of likely N-dealkylation sites (tertiary alicyclic amines) is 1. The number of hydrogen-bond acceptors (Lipinski definition) is 5. The normalized spacial score (nSPS) is 14.4. The summed E-state index contributed by atoms with van der Waals surface area (Å²) in [5.41, 5.74) is 7.37. The number of fused-ring (bicyclic) bond motifs is 1. The Bertz CT molecular complexity index is 1350. The quantitative estimate of drug-likeness (QED) is 0.431. The lowest BCUT2D eigenvalue weighted by Gasteiger charge is -2.15. The second-order valence-corrected chi connectivity index (χ2v) is 8.26. The number of nitrogens with zero attached hydrogens (tertiary/aromatic N) is 5. The topological polar surface area (TPSA) is 86.4 Å². The molecule has 4 aromatic heterocycles. The van der Waals surface area contributed by atoms with Crippen LogP contribution in [-0.4, -0.2) is 48.1 Å². The van der Waals surface area contributed by atoms with E-state index in [1.165, 1.54) is 31.5 Å². The minimum atomic E-state index is 0.770. The molecule has 7 nitrogen and oxygen atoms in total. The number of pyridine rings is 2. The molecular weight excluding hydrogens is 398 g/mol. The molecule has 0 bridgehead atoms. The maximum atomic E-state index is 4.64. The highest BCUT2D eigenvalue weighted by Gasteiger charge is 2.17. The lowest BCUT2D eigenvalue weighted by molar-refractivity contribution is 0.331. The first-order valence-electron chi connectivity index (χ1n) is 10.9. The Hall–Kier alpha value is -3.84. The van der Waals surface area contributed by atoms with Crippen molar-refractivity contribution in [1.82, 2.24) is 35.0 Å². The molecule has 1 aliphatic rings. The van der Waals surface area contributed by atoms with Crippen molar-refractivity contribution in [3.05, 3.63) is 73.1 Å². The fourth-order valence-corrected chi connectivity index (χ4v) is 4.55. The van der Waals surface area contributed by atoms with Gasteiger partial charge in [0.2, 0.25) is 0 Å². The molecule has 5 aromatic rings. The summed E-state index contributed by atoms with van der Waals surface area (Å²) in [5.74, 6) is 0.770. The van der Waals surface area contributed by atoms with E-state index in [0.717, 1.165) is 51.2 Å². The predicted octanol–water partition coefficient (Wildman–Crippen LogP) is 4.67. The zero-order valence-corrected chi connectivity index (χ0v) is 17.6. The molecule has 2 N–H and O–H groups in total. The molecule has 0 saturated carbocycles. The molecule has 32 heavy (non-hydrogen) atoms. The van der Waals surface area contributed by atoms with Crippen molar-refractivity contribution in [3.8, 4) is 33.8 Å². The highest BCUT2D eigenvalue weighted by atomic mass is 15.1. The van der Waals surface area contributed by atoms with E-state index < -0.39 is 0 Å². The van der Waals surface area contributed by atoms with Crippen LogP contribution < -0.4 is 0 Å². The second kappa shape index (κ2) is 8.01. The fourth-order valence-electron chi connectivity index (χ4n) is 4.55. The van der Waals surface area contributed by atoms with E-state index in [1.54, 1.807) is 6.20 Å². The summed E-state index contributed by atoms with van der Waals surface area (Å²) >= 11 is 0. The van der Waals surface area contributed by atoms with Crippen molar-refractivity contribution in [2.75, 3.05) is 13.1 Å². The van der Waals surface area contributed by atoms with E-state index in [4.69, 9.17) is 0 Å². The lowest BCUT2D eigenvalue weighted by Crippen LogP contribution is -2.18. The molecular formula is C25H23N7. The monoisotopic (exact) mass is 421 g/mol. The van der Waals surface area contributed by atoms with Crippen molar-refractivity contribution in [2.45, 2.75) is 19.4 Å². The van der Waals surface area contributed by atoms with Gasteiger partial charge in [-0.15, -0.1) is 0 Å². The molecule has 7 heteroatoms. The van der Waals surface area contributed by atoms with Gasteiger partial charge in [-0.2, -0.15) is 5.10 Å². The maximum absolute atomic E-state index is 4.64. The van der Waals surface area contributed by atoms with Crippen LogP contribution in [0.4, 0.5) is 0 Å². The SMILES string of the molecule is c1cc(-c2cc(-c3cncc(CN4CCCC4)c3)cc3c(-c4ncc[nH]4)[nH]nc23)ccn1. The molecule has 1 aromatic carbocycles. The molecule has 6 rings (SSSR count). The van der Waals surface area contributed by atoms with Crippen LogP contribution in [0.25, 0.3) is 44.7 Å². The summed E-state index contributed by atoms with van der Waals surface area (Å²) in [4.78, 5) is 18.9. The summed E-state index contributed by atoms with van der Waals surface area (Å²) in [6.07, 6.45) is 13.7. The Morgan fingerprint density at radius 2 is 1.75 bits per heavy atom. The smallest absolute Gasteiger partial charge is 0.156 e. The van der Waals surface area contributed by atoms with Gasteiger partial charge >= 0.3 is 0 Å². The number of aromatic nitrogens is 6. The third-order valence-corrected chi connectivity index (χ3v) is 6.12. The van der Waals surface area contributed by atoms with Gasteiger partial charge in [-0.3, -0.25) is 20.0 Å². The summed E-state index contributed by atoms with van der Waals surface area (Å²) in [7, 11) is 0. The van der Waals surface area contributed by atoms with Crippen molar-refractivity contribution in [3.63, 3.8) is 0 Å². The first kappa shape index (κ1) is 18.9. The predicted molar refractivity (Wildman–Crippen MR) is 125 cm³/mol. The van der Waals surface area contributed by atoms with Gasteiger partial charge in [0.15, 0.2) is 5.82 Å². The standard InChI is InChI=1S/C25H23N7/c1-2-10-32(9-1)16-17-11-20(15-27-14-17)19-12-21(18-3-5-26-6-4-18)23-22(13-19)24(31-30-23)25-28-7-8-29-25/h3-8,11-15H,1-2,9-10,16H2,(H,28,29)(H,30,31). The number of hydrogen-bond donors (Lipinski definition) is 2. The number of imidazole rings is 1. The molecule has 0 spiro atoms. The second-order valence-electron chi connectivity index (χ2n) is 8.26. The van der Waals surface area contributed by atoms with E-state index in [0.29, 0.717) is 0 Å². The highest BCUT2D eigenvalue weighted by molar-refractivity contribution is 6.03. The zero-order valence-electron chi connectivity index (χ0n) is 17.6. The first-order chi connectivity index (χ1) is 15.8. The van der Waals surface area contributed by atoms with Crippen LogP contribution >= 0.6 is 0 Å². The Morgan fingerprint density at radius 1 is 0.875 bits per heavy atom. The minimum Gasteiger partial charge on any atom is -0.343 e. The third-order valence-electron chi connectivity index (χ3n) is 6.12. The van der Waals surface area contributed by atoms with Gasteiger partial charge < -0.3 is 4.98 Å². The molecule has 5 heterocycles. The van der Waals surface area contributed by atoms with Gasteiger partial charge in [0.25, 0.3) is 0 Å². The number of aromatic amines is 2. The summed E-state index contributed by atoms with van der Waals surface area (Å²) in [6, 6.07) is 10.7. The molecule has 1 fully saturated rings. The molecule has 0 aliphatic carbocycles. The van der Waals surface area contributed by atoms with E-state index in [-0.39, 0.29) is 0 Å². The Morgan fingerprint density at radius 3 is 2.56 bits per heavy atom. The molecule has 158 valence electrons. The summed E-state index contributed by atoms with van der Waals surface area (Å²) in [6.45, 7) is 3.29. The third kappa shape index (κ3) is 3.46. The minimum absolute atomic E-state index is 0.770. The molecule has 0 amide bonds. The van der Waals surface area contributed by atoms with Crippen molar-refractivity contribution >= 4 is 10.9 Å². The number of rotatable bonds is 5. The van der Waals surface area contributed by atoms with E-state index in [9.17, 15) is 0 Å².